The molecule has 0 unspecified atom stereocenters. The Morgan fingerprint density at radius 3 is 2.61 bits per heavy atom. The van der Waals surface area contributed by atoms with E-state index in [2.05, 4.69) is 20.4 Å². The van der Waals surface area contributed by atoms with E-state index in [-0.39, 0.29) is 17.0 Å². The number of aliphatic carboxylic acids is 1. The number of carbonyl (C=O) groups excluding carboxylic acids is 1. The van der Waals surface area contributed by atoms with Gasteiger partial charge in [0.05, 0.1) is 12.7 Å². The molecule has 15 nitrogen and oxygen atoms in total. The summed E-state index contributed by atoms with van der Waals surface area (Å²) in [7, 11) is 1.41. The van der Waals surface area contributed by atoms with E-state index in [4.69, 9.17) is 10.5 Å². The molecule has 8 N–H and O–H groups in total. The lowest BCUT2D eigenvalue weighted by molar-refractivity contribution is -0.194. The van der Waals surface area contributed by atoms with Crippen LogP contribution in [0.5, 0.6) is 0 Å². The summed E-state index contributed by atoms with van der Waals surface area (Å²) in [5.41, 5.74) is 5.41. The molecule has 2 aromatic heterocycles. The average molecular weight is 441 g/mol. The lowest BCUT2D eigenvalue weighted by Crippen LogP contribution is -2.52. The molecule has 1 amide bonds. The number of hydrogen-bond donors (Lipinski definition) is 7. The summed E-state index contributed by atoms with van der Waals surface area (Å²) in [4.78, 5) is 36.3. The Balaban J connectivity index is 2.04. The summed E-state index contributed by atoms with van der Waals surface area (Å²) in [5.74, 6) is -2.32. The molecule has 170 valence electrons. The normalized spacial score (nSPS) is 27.8. The maximum Gasteiger partial charge on any atom is 0.361 e. The van der Waals surface area contributed by atoms with Gasteiger partial charge in [0.1, 0.15) is 37.0 Å². The highest BCUT2D eigenvalue weighted by molar-refractivity contribution is 5.88. The molecule has 0 bridgehead atoms. The highest BCUT2D eigenvalue weighted by Gasteiger charge is 2.61. The van der Waals surface area contributed by atoms with Crippen LogP contribution in [0.4, 0.5) is 5.82 Å². The van der Waals surface area contributed by atoms with Crippen LogP contribution >= 0.6 is 0 Å². The van der Waals surface area contributed by atoms with E-state index >= 15 is 0 Å². The number of carbonyl (C=O) groups is 2. The van der Waals surface area contributed by atoms with Crippen LogP contribution in [0, 0.1) is 0 Å². The molecule has 15 heteroatoms. The number of nitrogens with two attached hydrogens (primary N) is 1. The van der Waals surface area contributed by atoms with Crippen molar-refractivity contribution in [1.82, 2.24) is 24.9 Å². The van der Waals surface area contributed by atoms with Crippen LogP contribution in [-0.2, 0) is 20.1 Å². The minimum Gasteiger partial charge on any atom is -0.478 e. The van der Waals surface area contributed by atoms with Gasteiger partial charge in [0.2, 0.25) is 0 Å². The highest BCUT2D eigenvalue weighted by atomic mass is 16.6. The predicted octanol–water partition coefficient (Wildman–Crippen LogP) is -4.15. The Bertz CT molecular complexity index is 984. The summed E-state index contributed by atoms with van der Waals surface area (Å²) in [5, 5.41) is 50.3. The van der Waals surface area contributed by atoms with Gasteiger partial charge in [-0.05, 0) is 6.92 Å². The lowest BCUT2D eigenvalue weighted by atomic mass is 10.0. The fourth-order valence-electron chi connectivity index (χ4n) is 3.25. The fraction of sp³-hybridized carbons (Fsp3) is 0.562. The Morgan fingerprint density at radius 2 is 2.06 bits per heavy atom. The number of aromatic nitrogens is 4. The molecule has 0 radical (unpaired) electrons. The third-order valence-corrected chi connectivity index (χ3v) is 5.01. The maximum absolute atomic E-state index is 12.1. The number of anilines is 1. The number of nitrogens with one attached hydrogen (secondary N) is 1. The zero-order valence-corrected chi connectivity index (χ0v) is 16.5. The van der Waals surface area contributed by atoms with Crippen molar-refractivity contribution in [1.29, 1.82) is 0 Å². The molecular weight excluding hydrogens is 418 g/mol. The van der Waals surface area contributed by atoms with Crippen LogP contribution in [0.1, 0.15) is 6.92 Å². The van der Waals surface area contributed by atoms with E-state index in [0.29, 0.717) is 0 Å². The number of amides is 1. The summed E-state index contributed by atoms with van der Waals surface area (Å²) < 4.78 is 6.24. The van der Waals surface area contributed by atoms with Crippen molar-refractivity contribution in [2.75, 3.05) is 18.7 Å². The van der Waals surface area contributed by atoms with E-state index in [1.165, 1.54) is 14.0 Å². The van der Waals surface area contributed by atoms with Crippen LogP contribution < -0.4 is 16.2 Å². The molecule has 31 heavy (non-hydrogen) atoms. The molecule has 1 aliphatic rings. The maximum atomic E-state index is 12.1. The number of fused-ring (bicyclic) bond motifs is 1. The molecule has 0 aromatic carbocycles. The zero-order chi connectivity index (χ0) is 23.1. The van der Waals surface area contributed by atoms with Gasteiger partial charge in [-0.3, -0.25) is 19.8 Å². The Labute approximate surface area is 174 Å². The first-order chi connectivity index (χ1) is 14.6. The Morgan fingerprint density at radius 1 is 1.39 bits per heavy atom. The molecule has 1 fully saturated rings. The largest absolute Gasteiger partial charge is 0.478 e. The number of ether oxygens (including phenoxy) is 1. The van der Waals surface area contributed by atoms with Crippen LogP contribution in [0.2, 0.25) is 0 Å². The van der Waals surface area contributed by atoms with E-state index in [9.17, 15) is 35.1 Å². The number of aliphatic hydroxyl groups excluding tert-OH is 4. The second kappa shape index (κ2) is 8.29. The van der Waals surface area contributed by atoms with E-state index in [0.717, 1.165) is 22.2 Å². The SMILES string of the molecule is C[C@@H](O)[C@H](N)C(=O)NN(C)c1ncnc2c1ncn2[C@]1(C(=O)O)O[C@H](CO)[C@@H](O)[C@H]1O. The van der Waals surface area contributed by atoms with Crippen molar-refractivity contribution in [2.24, 2.45) is 5.73 Å². The Kier molecular flexibility index (Phi) is 6.08. The summed E-state index contributed by atoms with van der Waals surface area (Å²) in [6.07, 6.45) is -4.05. The van der Waals surface area contributed by atoms with Crippen LogP contribution in [0.25, 0.3) is 11.2 Å². The molecule has 3 heterocycles. The fourth-order valence-corrected chi connectivity index (χ4v) is 3.25. The van der Waals surface area contributed by atoms with Gasteiger partial charge in [-0.2, -0.15) is 0 Å². The number of carboxylic acid groups (broad SMARTS) is 1. The summed E-state index contributed by atoms with van der Waals surface area (Å²) in [6.45, 7) is 0.611. The first-order valence-corrected chi connectivity index (χ1v) is 9.10. The van der Waals surface area contributed by atoms with Gasteiger partial charge in [-0.25, -0.2) is 19.7 Å². The van der Waals surface area contributed by atoms with Crippen LogP contribution in [0.15, 0.2) is 12.7 Å². The van der Waals surface area contributed by atoms with Crippen molar-refractivity contribution in [3.63, 3.8) is 0 Å². The number of hydrazine groups is 1. The van der Waals surface area contributed by atoms with Crippen LogP contribution in [0.3, 0.4) is 0 Å². The first-order valence-electron chi connectivity index (χ1n) is 9.10. The minimum absolute atomic E-state index is 0.0225. The lowest BCUT2D eigenvalue weighted by Gasteiger charge is -2.29. The second-order valence-electron chi connectivity index (χ2n) is 7.06. The monoisotopic (exact) mass is 441 g/mol. The van der Waals surface area contributed by atoms with Gasteiger partial charge in [-0.15, -0.1) is 0 Å². The summed E-state index contributed by atoms with van der Waals surface area (Å²) >= 11 is 0. The second-order valence-corrected chi connectivity index (χ2v) is 7.06. The first kappa shape index (κ1) is 22.7. The van der Waals surface area contributed by atoms with Crippen molar-refractivity contribution in [2.45, 2.75) is 43.1 Å². The van der Waals surface area contributed by atoms with E-state index < -0.39 is 54.7 Å². The number of nitrogens with zero attached hydrogens (tertiary/aromatic N) is 5. The van der Waals surface area contributed by atoms with E-state index in [1.807, 2.05) is 0 Å². The van der Waals surface area contributed by atoms with Crippen molar-refractivity contribution < 1.29 is 39.9 Å². The van der Waals surface area contributed by atoms with Gasteiger partial charge < -0.3 is 36.0 Å². The number of hydrogen-bond acceptors (Lipinski definition) is 12. The molecule has 0 aliphatic carbocycles. The molecule has 6 atom stereocenters. The molecule has 0 saturated carbocycles. The molecule has 2 aromatic rings. The smallest absolute Gasteiger partial charge is 0.361 e. The number of carboxylic acids is 1. The number of imidazole rings is 1. The predicted molar refractivity (Wildman–Crippen MR) is 101 cm³/mol. The van der Waals surface area contributed by atoms with Crippen molar-refractivity contribution in [3.8, 4) is 0 Å². The van der Waals surface area contributed by atoms with E-state index in [1.54, 1.807) is 0 Å². The van der Waals surface area contributed by atoms with Gasteiger partial charge in [0.15, 0.2) is 17.0 Å². The molecule has 3 rings (SSSR count). The van der Waals surface area contributed by atoms with Gasteiger partial charge >= 0.3 is 5.97 Å². The molecule has 1 saturated heterocycles. The average Bonchev–Trinajstić information content (AvgIpc) is 3.27. The highest BCUT2D eigenvalue weighted by Crippen LogP contribution is 2.38. The van der Waals surface area contributed by atoms with Crippen molar-refractivity contribution in [3.05, 3.63) is 12.7 Å². The molecule has 1 aliphatic heterocycles. The zero-order valence-electron chi connectivity index (χ0n) is 16.5. The summed E-state index contributed by atoms with van der Waals surface area (Å²) in [6, 6.07) is -1.22. The van der Waals surface area contributed by atoms with Gasteiger partial charge in [0, 0.05) is 7.05 Å². The minimum atomic E-state index is -2.52. The molecular formula is C16H23N7O8. The third kappa shape index (κ3) is 3.56. The quantitative estimate of drug-likeness (QED) is 0.203. The Hall–Kier alpha value is -2.95. The molecule has 0 spiro atoms. The third-order valence-electron chi connectivity index (χ3n) is 5.01. The van der Waals surface area contributed by atoms with Crippen LogP contribution in [-0.4, -0.2) is 101 Å². The van der Waals surface area contributed by atoms with Gasteiger partial charge in [0.25, 0.3) is 11.6 Å². The topological polar surface area (TPSA) is 229 Å². The van der Waals surface area contributed by atoms with Gasteiger partial charge in [-0.1, -0.05) is 0 Å². The van der Waals surface area contributed by atoms with Crippen molar-refractivity contribution >= 4 is 28.9 Å². The number of rotatable bonds is 7. The standard InChI is InChI=1S/C16H23N7O8/c1-6(25)8(17)14(28)21-22(2)12-9-13(19-4-18-12)23(5-20-9)16(15(29)30)11(27)10(26)7(3-24)31-16/h4-8,10-11,24-27H,3,17H2,1-2H3,(H,21,28)(H,29,30)/t6-,7-,8+,10-,11-,16+/m1/s1. The number of aliphatic hydroxyl groups is 4.